The number of hydrogen-bond donors (Lipinski definition) is 1. The van der Waals surface area contributed by atoms with Crippen LogP contribution in [0, 0.1) is 17.1 Å². The van der Waals surface area contributed by atoms with E-state index in [1.54, 1.807) is 17.0 Å². The molecule has 2 rings (SSSR count). The highest BCUT2D eigenvalue weighted by Gasteiger charge is 2.08. The normalized spacial score (nSPS) is 9.87. The molecule has 1 aromatic heterocycles. The first-order valence-electron chi connectivity index (χ1n) is 4.20. The Hall–Kier alpha value is -2.35. The van der Waals surface area contributed by atoms with Gasteiger partial charge in [-0.25, -0.2) is 9.37 Å². The number of nitrogen functional groups attached to an aromatic ring is 1. The van der Waals surface area contributed by atoms with Gasteiger partial charge in [-0.1, -0.05) is 0 Å². The lowest BCUT2D eigenvalue weighted by Crippen LogP contribution is -1.99. The highest BCUT2D eigenvalue weighted by atomic mass is 19.1. The predicted molar refractivity (Wildman–Crippen MR) is 52.6 cm³/mol. The fourth-order valence-corrected chi connectivity index (χ4v) is 1.28. The maximum absolute atomic E-state index is 13.1. The highest BCUT2D eigenvalue weighted by molar-refractivity contribution is 5.57. The number of benzene rings is 1. The summed E-state index contributed by atoms with van der Waals surface area (Å²) in [6.07, 6.45) is 4.75. The molecule has 1 heterocycles. The summed E-state index contributed by atoms with van der Waals surface area (Å²) < 4.78 is 14.7. The van der Waals surface area contributed by atoms with Crippen LogP contribution in [0.15, 0.2) is 30.9 Å². The Balaban J connectivity index is 2.67. The zero-order chi connectivity index (χ0) is 10.8. The summed E-state index contributed by atoms with van der Waals surface area (Å²) in [4.78, 5) is 3.85. The number of rotatable bonds is 1. The number of imidazole rings is 1. The Bertz CT molecular complexity index is 525. The lowest BCUT2D eigenvalue weighted by molar-refractivity contribution is 0.631. The molecule has 0 aliphatic rings. The summed E-state index contributed by atoms with van der Waals surface area (Å²) in [6.45, 7) is 0. The maximum atomic E-state index is 13.1. The molecule has 2 aromatic rings. The summed E-state index contributed by atoms with van der Waals surface area (Å²) in [5.41, 5.74) is 6.19. The van der Waals surface area contributed by atoms with Crippen molar-refractivity contribution in [2.45, 2.75) is 0 Å². The molecule has 0 spiro atoms. The molecule has 74 valence electrons. The van der Waals surface area contributed by atoms with Crippen molar-refractivity contribution < 1.29 is 4.39 Å². The molecule has 0 saturated heterocycles. The highest BCUT2D eigenvalue weighted by Crippen LogP contribution is 2.20. The molecule has 0 amide bonds. The monoisotopic (exact) mass is 202 g/mol. The van der Waals surface area contributed by atoms with Gasteiger partial charge in [-0.2, -0.15) is 5.26 Å². The van der Waals surface area contributed by atoms with Gasteiger partial charge in [0.15, 0.2) is 0 Å². The zero-order valence-corrected chi connectivity index (χ0v) is 7.68. The second-order valence-electron chi connectivity index (χ2n) is 2.97. The third-order valence-corrected chi connectivity index (χ3v) is 2.02. The van der Waals surface area contributed by atoms with Crippen LogP contribution in [0.5, 0.6) is 0 Å². The van der Waals surface area contributed by atoms with E-state index in [-0.39, 0.29) is 11.3 Å². The van der Waals surface area contributed by atoms with Crippen molar-refractivity contribution >= 4 is 5.69 Å². The molecule has 4 nitrogen and oxygen atoms in total. The van der Waals surface area contributed by atoms with Gasteiger partial charge < -0.3 is 10.3 Å². The van der Waals surface area contributed by atoms with Gasteiger partial charge in [0.05, 0.1) is 23.3 Å². The molecule has 0 bridgehead atoms. The van der Waals surface area contributed by atoms with Crippen molar-refractivity contribution in [1.29, 1.82) is 5.26 Å². The SMILES string of the molecule is N#Cc1cc(F)c(N)cc1-n1ccnc1. The van der Waals surface area contributed by atoms with Crippen LogP contribution in [0.1, 0.15) is 5.56 Å². The average Bonchev–Trinajstić information content (AvgIpc) is 2.74. The first-order valence-corrected chi connectivity index (χ1v) is 4.20. The molecule has 1 aromatic carbocycles. The average molecular weight is 202 g/mol. The quantitative estimate of drug-likeness (QED) is 0.712. The number of aromatic nitrogens is 2. The molecule has 0 unspecified atom stereocenters. The van der Waals surface area contributed by atoms with Crippen LogP contribution in [0.4, 0.5) is 10.1 Å². The van der Waals surface area contributed by atoms with E-state index >= 15 is 0 Å². The van der Waals surface area contributed by atoms with Crippen molar-refractivity contribution in [3.63, 3.8) is 0 Å². The first kappa shape index (κ1) is 9.21. The van der Waals surface area contributed by atoms with Gasteiger partial charge in [0.25, 0.3) is 0 Å². The molecule has 2 N–H and O–H groups in total. The van der Waals surface area contributed by atoms with E-state index in [0.717, 1.165) is 6.07 Å². The molecule has 0 atom stereocenters. The van der Waals surface area contributed by atoms with E-state index in [9.17, 15) is 4.39 Å². The van der Waals surface area contributed by atoms with Crippen LogP contribution in [0.25, 0.3) is 5.69 Å². The Morgan fingerprint density at radius 2 is 2.27 bits per heavy atom. The van der Waals surface area contributed by atoms with Gasteiger partial charge in [-0.15, -0.1) is 0 Å². The van der Waals surface area contributed by atoms with E-state index in [1.165, 1.54) is 12.4 Å². The molecule has 0 aliphatic carbocycles. The van der Waals surface area contributed by atoms with Crippen molar-refractivity contribution in [2.75, 3.05) is 5.73 Å². The third kappa shape index (κ3) is 1.53. The van der Waals surface area contributed by atoms with Crippen LogP contribution in [0.3, 0.4) is 0 Å². The van der Waals surface area contributed by atoms with E-state index in [2.05, 4.69) is 4.98 Å². The topological polar surface area (TPSA) is 67.6 Å². The Morgan fingerprint density at radius 1 is 1.47 bits per heavy atom. The Kier molecular flexibility index (Phi) is 2.10. The number of hydrogen-bond acceptors (Lipinski definition) is 3. The van der Waals surface area contributed by atoms with Crippen LogP contribution in [-0.4, -0.2) is 9.55 Å². The summed E-state index contributed by atoms with van der Waals surface area (Å²) in [5.74, 6) is -0.588. The fraction of sp³-hybridized carbons (Fsp3) is 0. The maximum Gasteiger partial charge on any atom is 0.147 e. The van der Waals surface area contributed by atoms with Gasteiger partial charge in [-0.3, -0.25) is 0 Å². The summed E-state index contributed by atoms with van der Waals surface area (Å²) in [5, 5.41) is 8.84. The van der Waals surface area contributed by atoms with Gasteiger partial charge in [0.2, 0.25) is 0 Å². The summed E-state index contributed by atoms with van der Waals surface area (Å²) in [6, 6.07) is 4.44. The summed E-state index contributed by atoms with van der Waals surface area (Å²) in [7, 11) is 0. The largest absolute Gasteiger partial charge is 0.396 e. The van der Waals surface area contributed by atoms with Gasteiger partial charge in [-0.05, 0) is 12.1 Å². The molecule has 0 saturated carbocycles. The van der Waals surface area contributed by atoms with Gasteiger partial charge >= 0.3 is 0 Å². The molecule has 15 heavy (non-hydrogen) atoms. The van der Waals surface area contributed by atoms with Gasteiger partial charge in [0.1, 0.15) is 11.9 Å². The lowest BCUT2D eigenvalue weighted by Gasteiger charge is -2.06. The van der Waals surface area contributed by atoms with E-state index in [1.807, 2.05) is 6.07 Å². The molecular weight excluding hydrogens is 195 g/mol. The second kappa shape index (κ2) is 3.42. The minimum atomic E-state index is -0.588. The van der Waals surface area contributed by atoms with Crippen molar-refractivity contribution in [3.8, 4) is 11.8 Å². The molecular formula is C10H7FN4. The molecule has 0 aliphatic heterocycles. The minimum Gasteiger partial charge on any atom is -0.396 e. The predicted octanol–water partition coefficient (Wildman–Crippen LogP) is 1.47. The lowest BCUT2D eigenvalue weighted by atomic mass is 10.1. The van der Waals surface area contributed by atoms with Crippen LogP contribution in [0.2, 0.25) is 0 Å². The minimum absolute atomic E-state index is 0.0118. The Labute approximate surface area is 85.4 Å². The number of anilines is 1. The van der Waals surface area contributed by atoms with Crippen molar-refractivity contribution in [1.82, 2.24) is 9.55 Å². The van der Waals surface area contributed by atoms with E-state index < -0.39 is 5.82 Å². The number of nitrogens with two attached hydrogens (primary N) is 1. The molecule has 5 heteroatoms. The number of nitriles is 1. The first-order chi connectivity index (χ1) is 7.22. The van der Waals surface area contributed by atoms with Gasteiger partial charge in [0, 0.05) is 12.4 Å². The molecule has 0 radical (unpaired) electrons. The van der Waals surface area contributed by atoms with E-state index in [4.69, 9.17) is 11.0 Å². The summed E-state index contributed by atoms with van der Waals surface area (Å²) >= 11 is 0. The van der Waals surface area contributed by atoms with E-state index in [0.29, 0.717) is 5.69 Å². The van der Waals surface area contributed by atoms with Crippen LogP contribution in [-0.2, 0) is 0 Å². The zero-order valence-electron chi connectivity index (χ0n) is 7.68. The second-order valence-corrected chi connectivity index (χ2v) is 2.97. The van der Waals surface area contributed by atoms with Crippen molar-refractivity contribution in [2.24, 2.45) is 0 Å². The van der Waals surface area contributed by atoms with Crippen LogP contribution >= 0.6 is 0 Å². The number of halogens is 1. The standard InChI is InChI=1S/C10H7FN4/c11-8-3-7(5-12)10(4-9(8)13)15-2-1-14-6-15/h1-4,6H,13H2. The molecule has 0 fully saturated rings. The van der Waals surface area contributed by atoms with Crippen molar-refractivity contribution in [3.05, 3.63) is 42.2 Å². The Morgan fingerprint density at radius 3 is 2.87 bits per heavy atom. The van der Waals surface area contributed by atoms with Crippen LogP contribution < -0.4 is 5.73 Å². The fourth-order valence-electron chi connectivity index (χ4n) is 1.28. The smallest absolute Gasteiger partial charge is 0.147 e. The number of nitrogens with zero attached hydrogens (tertiary/aromatic N) is 3. The third-order valence-electron chi connectivity index (χ3n) is 2.02.